The molecule has 2 heterocycles. The van der Waals surface area contributed by atoms with Crippen LogP contribution in [-0.4, -0.2) is 21.3 Å². The minimum atomic E-state index is 0.431. The maximum Gasteiger partial charge on any atom is 0.150 e. The van der Waals surface area contributed by atoms with Gasteiger partial charge in [-0.1, -0.05) is 19.8 Å². The molecule has 4 nitrogen and oxygen atoms in total. The van der Waals surface area contributed by atoms with E-state index in [2.05, 4.69) is 27.0 Å². The maximum absolute atomic E-state index is 4.43. The molecule has 4 heteroatoms. The molecular weight excluding hydrogens is 200 g/mol. The van der Waals surface area contributed by atoms with Crippen LogP contribution in [0.5, 0.6) is 0 Å². The van der Waals surface area contributed by atoms with E-state index in [9.17, 15) is 0 Å². The van der Waals surface area contributed by atoms with E-state index in [-0.39, 0.29) is 0 Å². The van der Waals surface area contributed by atoms with Crippen LogP contribution in [0.3, 0.4) is 0 Å². The van der Waals surface area contributed by atoms with Gasteiger partial charge in [0.15, 0.2) is 0 Å². The summed E-state index contributed by atoms with van der Waals surface area (Å²) in [7, 11) is 0. The third-order valence-electron chi connectivity index (χ3n) is 3.89. The molecule has 1 atom stereocenters. The second kappa shape index (κ2) is 4.17. The van der Waals surface area contributed by atoms with Crippen molar-refractivity contribution in [1.82, 2.24) is 20.1 Å². The van der Waals surface area contributed by atoms with Gasteiger partial charge in [-0.15, -0.1) is 10.2 Å². The summed E-state index contributed by atoms with van der Waals surface area (Å²) in [5.41, 5.74) is 0. The Labute approximate surface area is 96.4 Å². The first-order chi connectivity index (χ1) is 7.90. The summed E-state index contributed by atoms with van der Waals surface area (Å²) >= 11 is 0. The summed E-state index contributed by atoms with van der Waals surface area (Å²) in [6.07, 6.45) is 6.35. The van der Waals surface area contributed by atoms with Crippen molar-refractivity contribution in [3.63, 3.8) is 0 Å². The van der Waals surface area contributed by atoms with Crippen LogP contribution in [0.25, 0.3) is 0 Å². The van der Waals surface area contributed by atoms with E-state index in [1.54, 1.807) is 0 Å². The summed E-state index contributed by atoms with van der Waals surface area (Å²) in [6.45, 7) is 4.34. The van der Waals surface area contributed by atoms with Crippen LogP contribution in [0.15, 0.2) is 0 Å². The molecule has 0 radical (unpaired) electrons. The third-order valence-corrected chi connectivity index (χ3v) is 3.89. The van der Waals surface area contributed by atoms with Crippen molar-refractivity contribution in [3.8, 4) is 0 Å². The zero-order valence-electron chi connectivity index (χ0n) is 9.95. The van der Waals surface area contributed by atoms with Gasteiger partial charge in [-0.25, -0.2) is 0 Å². The van der Waals surface area contributed by atoms with Crippen LogP contribution < -0.4 is 5.32 Å². The van der Waals surface area contributed by atoms with Crippen molar-refractivity contribution >= 4 is 0 Å². The topological polar surface area (TPSA) is 42.7 Å². The Morgan fingerprint density at radius 1 is 1.31 bits per heavy atom. The van der Waals surface area contributed by atoms with Crippen molar-refractivity contribution in [2.24, 2.45) is 0 Å². The smallest absolute Gasteiger partial charge is 0.150 e. The quantitative estimate of drug-likeness (QED) is 0.847. The minimum absolute atomic E-state index is 0.431. The third kappa shape index (κ3) is 1.56. The molecule has 0 spiro atoms. The number of nitrogens with one attached hydrogen (secondary N) is 1. The van der Waals surface area contributed by atoms with Crippen molar-refractivity contribution in [2.75, 3.05) is 6.54 Å². The molecule has 0 saturated heterocycles. The molecule has 1 saturated carbocycles. The van der Waals surface area contributed by atoms with Gasteiger partial charge in [0.25, 0.3) is 0 Å². The van der Waals surface area contributed by atoms with E-state index in [0.717, 1.165) is 13.1 Å². The molecule has 1 aliphatic heterocycles. The molecule has 16 heavy (non-hydrogen) atoms. The summed E-state index contributed by atoms with van der Waals surface area (Å²) < 4.78 is 2.38. The molecule has 3 rings (SSSR count). The highest BCUT2D eigenvalue weighted by molar-refractivity contribution is 5.10. The molecule has 0 amide bonds. The number of nitrogens with zero attached hydrogens (tertiary/aromatic N) is 3. The second-order valence-corrected chi connectivity index (χ2v) is 4.99. The molecule has 1 fully saturated rings. The Morgan fingerprint density at radius 2 is 2.12 bits per heavy atom. The van der Waals surface area contributed by atoms with Crippen LogP contribution >= 0.6 is 0 Å². The van der Waals surface area contributed by atoms with Crippen molar-refractivity contribution < 1.29 is 0 Å². The highest BCUT2D eigenvalue weighted by atomic mass is 15.3. The molecular formula is C12H20N4. The molecule has 1 aliphatic carbocycles. The number of hydrogen-bond donors (Lipinski definition) is 1. The summed E-state index contributed by atoms with van der Waals surface area (Å²) in [4.78, 5) is 0. The van der Waals surface area contributed by atoms with Crippen LogP contribution in [0.2, 0.25) is 0 Å². The molecule has 1 N–H and O–H groups in total. The highest BCUT2D eigenvalue weighted by Gasteiger charge is 2.30. The lowest BCUT2D eigenvalue weighted by atomic mass is 9.84. The van der Waals surface area contributed by atoms with Crippen molar-refractivity contribution in [2.45, 2.75) is 57.5 Å². The average molecular weight is 220 g/mol. The SMILES string of the molecule is CCCC1NCCn2c(C3CCC3)nnc21. The Kier molecular flexibility index (Phi) is 2.67. The maximum atomic E-state index is 4.43. The summed E-state index contributed by atoms with van der Waals surface area (Å²) in [5.74, 6) is 3.13. The number of fused-ring (bicyclic) bond motifs is 1. The largest absolute Gasteiger partial charge is 0.312 e. The summed E-state index contributed by atoms with van der Waals surface area (Å²) in [6, 6.07) is 0.431. The molecule has 88 valence electrons. The van der Waals surface area contributed by atoms with Gasteiger partial charge in [0.05, 0.1) is 6.04 Å². The molecule has 0 bridgehead atoms. The Bertz CT molecular complexity index is 367. The van der Waals surface area contributed by atoms with E-state index in [0.29, 0.717) is 12.0 Å². The second-order valence-electron chi connectivity index (χ2n) is 4.99. The monoisotopic (exact) mass is 220 g/mol. The predicted octanol–water partition coefficient (Wildman–Crippen LogP) is 1.99. The molecule has 1 aromatic rings. The average Bonchev–Trinajstić information content (AvgIpc) is 2.62. The lowest BCUT2D eigenvalue weighted by Crippen LogP contribution is -2.34. The van der Waals surface area contributed by atoms with Gasteiger partial charge in [-0.3, -0.25) is 0 Å². The fourth-order valence-electron chi connectivity index (χ4n) is 2.74. The van der Waals surface area contributed by atoms with Gasteiger partial charge >= 0.3 is 0 Å². The zero-order chi connectivity index (χ0) is 11.0. The van der Waals surface area contributed by atoms with E-state index >= 15 is 0 Å². The van der Waals surface area contributed by atoms with Gasteiger partial charge in [0, 0.05) is 19.0 Å². The van der Waals surface area contributed by atoms with Crippen molar-refractivity contribution in [3.05, 3.63) is 11.6 Å². The van der Waals surface area contributed by atoms with Crippen LogP contribution in [0.1, 0.15) is 62.6 Å². The molecule has 1 aromatic heterocycles. The lowest BCUT2D eigenvalue weighted by molar-refractivity contribution is 0.352. The first kappa shape index (κ1) is 10.3. The Hall–Kier alpha value is -0.900. The summed E-state index contributed by atoms with van der Waals surface area (Å²) in [5, 5.41) is 12.4. The van der Waals surface area contributed by atoms with Gasteiger partial charge < -0.3 is 9.88 Å². The van der Waals surface area contributed by atoms with Gasteiger partial charge in [-0.2, -0.15) is 0 Å². The van der Waals surface area contributed by atoms with E-state index in [4.69, 9.17) is 0 Å². The minimum Gasteiger partial charge on any atom is -0.312 e. The van der Waals surface area contributed by atoms with E-state index < -0.39 is 0 Å². The highest BCUT2D eigenvalue weighted by Crippen LogP contribution is 2.36. The standard InChI is InChI=1S/C12H20N4/c1-2-4-10-12-15-14-11(9-5-3-6-9)16(12)8-7-13-10/h9-10,13H,2-8H2,1H3. The predicted molar refractivity (Wildman–Crippen MR) is 62.3 cm³/mol. The van der Waals surface area contributed by atoms with Crippen molar-refractivity contribution in [1.29, 1.82) is 0 Å². The van der Waals surface area contributed by atoms with Gasteiger partial charge in [-0.05, 0) is 19.3 Å². The van der Waals surface area contributed by atoms with Gasteiger partial charge in [0.2, 0.25) is 0 Å². The number of aromatic nitrogens is 3. The fraction of sp³-hybridized carbons (Fsp3) is 0.833. The van der Waals surface area contributed by atoms with E-state index in [1.807, 2.05) is 0 Å². The lowest BCUT2D eigenvalue weighted by Gasteiger charge is -2.29. The Balaban J connectivity index is 1.88. The Morgan fingerprint density at radius 3 is 2.81 bits per heavy atom. The number of rotatable bonds is 3. The first-order valence-electron chi connectivity index (χ1n) is 6.56. The molecule has 1 unspecified atom stereocenters. The zero-order valence-corrected chi connectivity index (χ0v) is 9.95. The van der Waals surface area contributed by atoms with Crippen LogP contribution in [0, 0.1) is 0 Å². The molecule has 0 aromatic carbocycles. The van der Waals surface area contributed by atoms with Crippen LogP contribution in [-0.2, 0) is 6.54 Å². The van der Waals surface area contributed by atoms with Crippen LogP contribution in [0.4, 0.5) is 0 Å². The molecule has 2 aliphatic rings. The van der Waals surface area contributed by atoms with E-state index in [1.165, 1.54) is 43.8 Å². The van der Waals surface area contributed by atoms with Gasteiger partial charge in [0.1, 0.15) is 11.6 Å². The number of hydrogen-bond acceptors (Lipinski definition) is 3. The first-order valence-corrected chi connectivity index (χ1v) is 6.56. The fourth-order valence-corrected chi connectivity index (χ4v) is 2.74. The normalized spacial score (nSPS) is 25.2.